The summed E-state index contributed by atoms with van der Waals surface area (Å²) in [7, 11) is 0. The Hall–Kier alpha value is -3.95. The Bertz CT molecular complexity index is 1380. The lowest BCUT2D eigenvalue weighted by Crippen LogP contribution is -2.19. The van der Waals surface area contributed by atoms with Crippen molar-refractivity contribution < 1.29 is 9.53 Å². The number of rotatable bonds is 7. The van der Waals surface area contributed by atoms with E-state index in [4.69, 9.17) is 21.3 Å². The van der Waals surface area contributed by atoms with Gasteiger partial charge in [-0.15, -0.1) is 0 Å². The molecule has 0 saturated carbocycles. The Morgan fingerprint density at radius 2 is 1.91 bits per heavy atom. The molecule has 1 saturated heterocycles. The smallest absolute Gasteiger partial charge is 0.247 e. The number of benzene rings is 2. The Balaban J connectivity index is 1.43. The molecule has 1 aliphatic heterocycles. The monoisotopic (exact) mass is 489 g/mol. The molecule has 1 fully saturated rings. The highest BCUT2D eigenvalue weighted by molar-refractivity contribution is 6.31. The van der Waals surface area contributed by atoms with Crippen molar-refractivity contribution in [2.75, 3.05) is 29.2 Å². The van der Waals surface area contributed by atoms with E-state index in [2.05, 4.69) is 32.6 Å². The lowest BCUT2D eigenvalue weighted by molar-refractivity contribution is -0.111. The zero-order valence-corrected chi connectivity index (χ0v) is 19.6. The van der Waals surface area contributed by atoms with Crippen LogP contribution in [-0.2, 0) is 9.53 Å². The first kappa shape index (κ1) is 22.8. The molecule has 0 radical (unpaired) electrons. The number of nitrogens with one attached hydrogen (secondary N) is 3. The number of fused-ring (bicyclic) bond motifs is 1. The molecular formula is C25H24ClN7O2. The van der Waals surface area contributed by atoms with E-state index in [0.29, 0.717) is 28.5 Å². The summed E-state index contributed by atoms with van der Waals surface area (Å²) in [5, 5.41) is 15.2. The van der Waals surface area contributed by atoms with Crippen LogP contribution >= 0.6 is 11.6 Å². The van der Waals surface area contributed by atoms with Crippen LogP contribution in [0.5, 0.6) is 0 Å². The van der Waals surface area contributed by atoms with Crippen LogP contribution < -0.4 is 16.0 Å². The molecule has 0 bridgehead atoms. The van der Waals surface area contributed by atoms with Gasteiger partial charge in [-0.1, -0.05) is 24.2 Å². The van der Waals surface area contributed by atoms with Gasteiger partial charge in [-0.05, 0) is 55.3 Å². The van der Waals surface area contributed by atoms with Gasteiger partial charge < -0.3 is 20.7 Å². The Kier molecular flexibility index (Phi) is 6.60. The molecule has 0 unspecified atom stereocenters. The minimum Gasteiger partial charge on any atom is -0.381 e. The van der Waals surface area contributed by atoms with Gasteiger partial charge in [0.25, 0.3) is 0 Å². The molecule has 4 aromatic rings. The highest BCUT2D eigenvalue weighted by Crippen LogP contribution is 2.30. The van der Waals surface area contributed by atoms with Crippen molar-refractivity contribution in [3.05, 3.63) is 72.5 Å². The maximum absolute atomic E-state index is 11.7. The fraction of sp³-hybridized carbons (Fsp3) is 0.200. The second-order valence-electron chi connectivity index (χ2n) is 8.13. The maximum atomic E-state index is 11.7. The van der Waals surface area contributed by atoms with Gasteiger partial charge >= 0.3 is 0 Å². The number of carbonyl (C=O) groups is 1. The molecule has 1 aliphatic rings. The van der Waals surface area contributed by atoms with Gasteiger partial charge in [0, 0.05) is 41.2 Å². The predicted octanol–water partition coefficient (Wildman–Crippen LogP) is 5.44. The first-order valence-corrected chi connectivity index (χ1v) is 11.6. The topological polar surface area (TPSA) is 106 Å². The van der Waals surface area contributed by atoms with Gasteiger partial charge in [-0.2, -0.15) is 10.1 Å². The third-order valence-electron chi connectivity index (χ3n) is 5.66. The van der Waals surface area contributed by atoms with Crippen LogP contribution in [0.25, 0.3) is 10.9 Å². The first-order chi connectivity index (χ1) is 17.1. The predicted molar refractivity (Wildman–Crippen MR) is 138 cm³/mol. The number of amides is 1. The molecule has 0 aliphatic carbocycles. The summed E-state index contributed by atoms with van der Waals surface area (Å²) in [4.78, 5) is 21.0. The number of aromatic nitrogens is 4. The number of halogens is 1. The molecule has 0 spiro atoms. The summed E-state index contributed by atoms with van der Waals surface area (Å²) in [5.74, 6) is 0.711. The van der Waals surface area contributed by atoms with Crippen molar-refractivity contribution in [2.24, 2.45) is 0 Å². The van der Waals surface area contributed by atoms with E-state index >= 15 is 0 Å². The quantitative estimate of drug-likeness (QED) is 0.297. The van der Waals surface area contributed by atoms with Gasteiger partial charge in [-0.25, -0.2) is 4.98 Å². The van der Waals surface area contributed by atoms with Gasteiger partial charge in [-0.3, -0.25) is 9.48 Å². The number of hydrogen-bond donors (Lipinski definition) is 3. The van der Waals surface area contributed by atoms with Crippen LogP contribution in [0.1, 0.15) is 18.9 Å². The van der Waals surface area contributed by atoms with Crippen molar-refractivity contribution >= 4 is 57.2 Å². The highest BCUT2D eigenvalue weighted by Gasteiger charge is 2.17. The molecule has 5 rings (SSSR count). The zero-order chi connectivity index (χ0) is 24.2. The molecule has 2 aromatic carbocycles. The molecule has 35 heavy (non-hydrogen) atoms. The fourth-order valence-electron chi connectivity index (χ4n) is 3.94. The van der Waals surface area contributed by atoms with E-state index in [1.54, 1.807) is 18.3 Å². The minimum absolute atomic E-state index is 0.283. The summed E-state index contributed by atoms with van der Waals surface area (Å²) in [6.45, 7) is 4.98. The van der Waals surface area contributed by atoms with E-state index in [1.165, 1.54) is 6.08 Å². The van der Waals surface area contributed by atoms with Gasteiger partial charge in [0.05, 0.1) is 23.4 Å². The molecule has 10 heteroatoms. The molecule has 9 nitrogen and oxygen atoms in total. The van der Waals surface area contributed by atoms with Crippen molar-refractivity contribution in [1.29, 1.82) is 0 Å². The summed E-state index contributed by atoms with van der Waals surface area (Å²) in [6, 6.07) is 13.1. The maximum Gasteiger partial charge on any atom is 0.247 e. The average molecular weight is 490 g/mol. The number of hydrogen-bond acceptors (Lipinski definition) is 7. The van der Waals surface area contributed by atoms with Crippen LogP contribution in [0, 0.1) is 0 Å². The largest absolute Gasteiger partial charge is 0.381 e. The van der Waals surface area contributed by atoms with E-state index < -0.39 is 0 Å². The van der Waals surface area contributed by atoms with Crippen LogP contribution in [0.2, 0.25) is 5.02 Å². The molecule has 0 atom stereocenters. The molecule has 2 aromatic heterocycles. The second-order valence-corrected chi connectivity index (χ2v) is 8.57. The van der Waals surface area contributed by atoms with Crippen molar-refractivity contribution in [1.82, 2.24) is 19.7 Å². The van der Waals surface area contributed by atoms with Crippen LogP contribution in [0.4, 0.5) is 28.8 Å². The normalized spacial score (nSPS) is 14.0. The van der Waals surface area contributed by atoms with Gasteiger partial charge in [0.1, 0.15) is 5.82 Å². The minimum atomic E-state index is -0.283. The lowest BCUT2D eigenvalue weighted by atomic mass is 10.1. The van der Waals surface area contributed by atoms with E-state index in [-0.39, 0.29) is 5.91 Å². The standard InChI is InChI=1S/C25H24ClN7O2/c1-2-23(34)28-17-4-3-5-18(13-17)29-24-21-12-16(26)6-7-22(21)31-25(32-24)30-19-14-27-33(15-19)20-8-10-35-11-9-20/h2-7,12-15,20H,1,8-11H2,(H,28,34)(H2,29,30,31,32). The van der Waals surface area contributed by atoms with Crippen LogP contribution in [-0.4, -0.2) is 38.9 Å². The summed E-state index contributed by atoms with van der Waals surface area (Å²) < 4.78 is 7.41. The third kappa shape index (κ3) is 5.42. The Morgan fingerprint density at radius 3 is 2.74 bits per heavy atom. The van der Waals surface area contributed by atoms with Crippen molar-refractivity contribution in [3.63, 3.8) is 0 Å². The number of carbonyl (C=O) groups excluding carboxylic acids is 1. The Labute approximate surface area is 207 Å². The van der Waals surface area contributed by atoms with E-state index in [1.807, 2.05) is 41.2 Å². The number of anilines is 5. The van der Waals surface area contributed by atoms with Crippen LogP contribution in [0.3, 0.4) is 0 Å². The van der Waals surface area contributed by atoms with Crippen molar-refractivity contribution in [3.8, 4) is 0 Å². The first-order valence-electron chi connectivity index (χ1n) is 11.2. The fourth-order valence-corrected chi connectivity index (χ4v) is 4.11. The van der Waals surface area contributed by atoms with E-state index in [0.717, 1.165) is 48.3 Å². The molecule has 178 valence electrons. The summed E-state index contributed by atoms with van der Waals surface area (Å²) in [6.07, 6.45) is 6.83. The SMILES string of the molecule is C=CC(=O)Nc1cccc(Nc2nc(Nc3cnn(C4CCOCC4)c3)nc3ccc(Cl)cc23)c1. The zero-order valence-electron chi connectivity index (χ0n) is 18.9. The average Bonchev–Trinajstić information content (AvgIpc) is 3.33. The second kappa shape index (κ2) is 10.1. The lowest BCUT2D eigenvalue weighted by Gasteiger charge is -2.22. The van der Waals surface area contributed by atoms with Crippen LogP contribution in [0.15, 0.2) is 67.5 Å². The molecular weight excluding hydrogens is 466 g/mol. The number of nitrogens with zero attached hydrogens (tertiary/aromatic N) is 4. The molecule has 3 N–H and O–H groups in total. The van der Waals surface area contributed by atoms with Gasteiger partial charge in [0.2, 0.25) is 11.9 Å². The Morgan fingerprint density at radius 1 is 1.09 bits per heavy atom. The highest BCUT2D eigenvalue weighted by atomic mass is 35.5. The number of ether oxygens (including phenoxy) is 1. The van der Waals surface area contributed by atoms with Gasteiger partial charge in [0.15, 0.2) is 0 Å². The van der Waals surface area contributed by atoms with Crippen molar-refractivity contribution in [2.45, 2.75) is 18.9 Å². The van der Waals surface area contributed by atoms with E-state index in [9.17, 15) is 4.79 Å². The molecule has 3 heterocycles. The third-order valence-corrected chi connectivity index (χ3v) is 5.89. The summed E-state index contributed by atoms with van der Waals surface area (Å²) >= 11 is 6.26. The summed E-state index contributed by atoms with van der Waals surface area (Å²) in [5.41, 5.74) is 2.90. The molecule has 1 amide bonds.